The quantitative estimate of drug-likeness (QED) is 0.651. The van der Waals surface area contributed by atoms with Gasteiger partial charge in [-0.15, -0.1) is 13.2 Å². The first-order chi connectivity index (χ1) is 8.85. The van der Waals surface area contributed by atoms with Crippen LogP contribution in [0.5, 0.6) is 0 Å². The molecule has 2 rings (SSSR count). The predicted molar refractivity (Wildman–Crippen MR) is 79.3 cm³/mol. The van der Waals surface area contributed by atoms with Gasteiger partial charge in [0.2, 0.25) is 0 Å². The minimum Gasteiger partial charge on any atom is -0.262 e. The Labute approximate surface area is 109 Å². The molecule has 0 aromatic rings. The van der Waals surface area contributed by atoms with Crippen molar-refractivity contribution in [2.45, 2.75) is 31.7 Å². The number of aliphatic imine (C=N–C) groups is 2. The minimum atomic E-state index is 0.254. The summed E-state index contributed by atoms with van der Waals surface area (Å²) in [5.41, 5.74) is 1.16. The van der Waals surface area contributed by atoms with Crippen LogP contribution >= 0.6 is 0 Å². The Bertz CT molecular complexity index is 438. The molecule has 1 aliphatic heterocycles. The molecule has 1 aliphatic carbocycles. The normalized spacial score (nSPS) is 24.1. The highest BCUT2D eigenvalue weighted by molar-refractivity contribution is 6.05. The Balaban J connectivity index is 2.16. The van der Waals surface area contributed by atoms with E-state index in [2.05, 4.69) is 36.4 Å². The fourth-order valence-corrected chi connectivity index (χ4v) is 2.29. The molecule has 0 bridgehead atoms. The molecular formula is C16H20N2. The second-order valence-electron chi connectivity index (χ2n) is 4.63. The van der Waals surface area contributed by atoms with Gasteiger partial charge in [0.25, 0.3) is 0 Å². The lowest BCUT2D eigenvalue weighted by Gasteiger charge is -2.22. The Morgan fingerprint density at radius 1 is 1.39 bits per heavy atom. The summed E-state index contributed by atoms with van der Waals surface area (Å²) >= 11 is 0. The van der Waals surface area contributed by atoms with Gasteiger partial charge in [0.1, 0.15) is 0 Å². The van der Waals surface area contributed by atoms with E-state index >= 15 is 0 Å². The van der Waals surface area contributed by atoms with Crippen molar-refractivity contribution in [3.8, 4) is 0 Å². The number of allylic oxidation sites excluding steroid dienone is 3. The Morgan fingerprint density at radius 2 is 2.28 bits per heavy atom. The van der Waals surface area contributed by atoms with Crippen LogP contribution in [0.25, 0.3) is 0 Å². The van der Waals surface area contributed by atoms with Crippen molar-refractivity contribution >= 4 is 12.1 Å². The lowest BCUT2D eigenvalue weighted by molar-refractivity contribution is 0.522. The molecule has 94 valence electrons. The molecule has 2 unspecified atom stereocenters. The molecule has 2 aliphatic rings. The van der Waals surface area contributed by atoms with Crippen LogP contribution in [-0.4, -0.2) is 18.1 Å². The van der Waals surface area contributed by atoms with E-state index in [9.17, 15) is 0 Å². The van der Waals surface area contributed by atoms with Crippen molar-refractivity contribution in [1.82, 2.24) is 0 Å². The van der Waals surface area contributed by atoms with Gasteiger partial charge in [0.15, 0.2) is 5.84 Å². The van der Waals surface area contributed by atoms with Gasteiger partial charge in [0.05, 0.1) is 6.04 Å². The van der Waals surface area contributed by atoms with Crippen LogP contribution < -0.4 is 0 Å². The highest BCUT2D eigenvalue weighted by atomic mass is 15.0. The molecule has 1 heterocycles. The molecule has 0 fully saturated rings. The van der Waals surface area contributed by atoms with E-state index < -0.39 is 0 Å². The molecule has 18 heavy (non-hydrogen) atoms. The average Bonchev–Trinajstić information content (AvgIpc) is 2.46. The number of hydrogen-bond acceptors (Lipinski definition) is 2. The maximum Gasteiger partial charge on any atom is 0.154 e. The summed E-state index contributed by atoms with van der Waals surface area (Å²) in [4.78, 5) is 9.20. The molecule has 2 atom stereocenters. The number of hydrogen-bond donors (Lipinski definition) is 0. The third-order valence-corrected chi connectivity index (χ3v) is 3.34. The predicted octanol–water partition coefficient (Wildman–Crippen LogP) is 3.88. The molecule has 2 heteroatoms. The summed E-state index contributed by atoms with van der Waals surface area (Å²) in [6.45, 7) is 7.70. The van der Waals surface area contributed by atoms with Gasteiger partial charge in [-0.05, 0) is 19.3 Å². The second kappa shape index (κ2) is 6.29. The van der Waals surface area contributed by atoms with Crippen LogP contribution in [0.1, 0.15) is 25.7 Å². The summed E-state index contributed by atoms with van der Waals surface area (Å²) < 4.78 is 0. The highest BCUT2D eigenvalue weighted by Gasteiger charge is 2.20. The number of amidine groups is 1. The third-order valence-electron chi connectivity index (χ3n) is 3.34. The van der Waals surface area contributed by atoms with Gasteiger partial charge in [0, 0.05) is 24.1 Å². The third kappa shape index (κ3) is 2.95. The van der Waals surface area contributed by atoms with Crippen LogP contribution in [0.3, 0.4) is 0 Å². The average molecular weight is 240 g/mol. The lowest BCUT2D eigenvalue weighted by atomic mass is 9.93. The molecule has 0 spiro atoms. The monoisotopic (exact) mass is 240 g/mol. The molecule has 0 radical (unpaired) electrons. The van der Waals surface area contributed by atoms with Gasteiger partial charge >= 0.3 is 0 Å². The number of rotatable bonds is 5. The summed E-state index contributed by atoms with van der Waals surface area (Å²) in [6, 6.07) is 0.254. The van der Waals surface area contributed by atoms with Gasteiger partial charge in [-0.1, -0.05) is 30.4 Å². The van der Waals surface area contributed by atoms with E-state index in [0.717, 1.165) is 37.1 Å². The zero-order chi connectivity index (χ0) is 12.8. The van der Waals surface area contributed by atoms with Gasteiger partial charge < -0.3 is 0 Å². The Kier molecular flexibility index (Phi) is 4.46. The Hall–Kier alpha value is -1.70. The topological polar surface area (TPSA) is 24.7 Å². The first-order valence-electron chi connectivity index (χ1n) is 6.56. The summed E-state index contributed by atoms with van der Waals surface area (Å²) in [6.07, 6.45) is 16.5. The van der Waals surface area contributed by atoms with Crippen molar-refractivity contribution in [3.05, 3.63) is 49.1 Å². The molecule has 0 aromatic heterocycles. The highest BCUT2D eigenvalue weighted by Crippen LogP contribution is 2.22. The molecule has 0 saturated carbocycles. The zero-order valence-electron chi connectivity index (χ0n) is 10.8. The van der Waals surface area contributed by atoms with Gasteiger partial charge in [-0.2, -0.15) is 0 Å². The zero-order valence-corrected chi connectivity index (χ0v) is 10.8. The standard InChI is InChI=1S/C16H20N2/c1-3-8-13(4-2)15-11-12-17-16(18-15)14-9-6-5-7-10-14/h3-4,6,9-10,12-13,15H,1-2,5,7-8,11H2. The van der Waals surface area contributed by atoms with E-state index in [-0.39, 0.29) is 6.04 Å². The maximum atomic E-state index is 4.78. The van der Waals surface area contributed by atoms with E-state index in [4.69, 9.17) is 4.99 Å². The number of nitrogens with zero attached hydrogens (tertiary/aromatic N) is 2. The minimum absolute atomic E-state index is 0.254. The fourth-order valence-electron chi connectivity index (χ4n) is 2.29. The van der Waals surface area contributed by atoms with Crippen molar-refractivity contribution in [1.29, 1.82) is 0 Å². The summed E-state index contributed by atoms with van der Waals surface area (Å²) in [5, 5.41) is 0. The molecule has 0 amide bonds. The van der Waals surface area contributed by atoms with Crippen molar-refractivity contribution in [3.63, 3.8) is 0 Å². The van der Waals surface area contributed by atoms with Gasteiger partial charge in [-0.3, -0.25) is 4.99 Å². The van der Waals surface area contributed by atoms with E-state index in [1.165, 1.54) is 0 Å². The van der Waals surface area contributed by atoms with Crippen molar-refractivity contribution < 1.29 is 0 Å². The first-order valence-corrected chi connectivity index (χ1v) is 6.56. The van der Waals surface area contributed by atoms with E-state index in [1.54, 1.807) is 0 Å². The van der Waals surface area contributed by atoms with Crippen LogP contribution in [0.2, 0.25) is 0 Å². The van der Waals surface area contributed by atoms with E-state index in [1.807, 2.05) is 18.4 Å². The summed E-state index contributed by atoms with van der Waals surface area (Å²) in [5.74, 6) is 1.23. The van der Waals surface area contributed by atoms with Crippen LogP contribution in [0.4, 0.5) is 0 Å². The SMILES string of the molecule is C=CCC(C=C)C1CC=NC(C2=CCCC=C2)=N1. The smallest absolute Gasteiger partial charge is 0.154 e. The molecule has 0 aromatic carbocycles. The van der Waals surface area contributed by atoms with Crippen LogP contribution in [0.15, 0.2) is 59.1 Å². The molecule has 2 nitrogen and oxygen atoms in total. The second-order valence-corrected chi connectivity index (χ2v) is 4.63. The summed E-state index contributed by atoms with van der Waals surface area (Å²) in [7, 11) is 0. The Morgan fingerprint density at radius 3 is 2.94 bits per heavy atom. The lowest BCUT2D eigenvalue weighted by Crippen LogP contribution is -2.22. The molecular weight excluding hydrogens is 220 g/mol. The largest absolute Gasteiger partial charge is 0.262 e. The van der Waals surface area contributed by atoms with Crippen LogP contribution in [-0.2, 0) is 0 Å². The molecule has 0 saturated heterocycles. The van der Waals surface area contributed by atoms with Crippen molar-refractivity contribution in [2.75, 3.05) is 0 Å². The molecule has 0 N–H and O–H groups in total. The van der Waals surface area contributed by atoms with Gasteiger partial charge in [-0.25, -0.2) is 4.99 Å². The first kappa shape index (κ1) is 12.7. The maximum absolute atomic E-state index is 4.78. The van der Waals surface area contributed by atoms with Crippen molar-refractivity contribution in [2.24, 2.45) is 15.9 Å². The van der Waals surface area contributed by atoms with Crippen LogP contribution in [0, 0.1) is 5.92 Å². The fraction of sp³-hybridized carbons (Fsp3) is 0.375. The van der Waals surface area contributed by atoms with E-state index in [0.29, 0.717) is 5.92 Å².